The molecule has 0 aromatic carbocycles. The van der Waals surface area contributed by atoms with Crippen molar-refractivity contribution in [3.63, 3.8) is 0 Å². The summed E-state index contributed by atoms with van der Waals surface area (Å²) in [6.07, 6.45) is 2.62. The number of hydrogen-bond acceptors (Lipinski definition) is 10. The molecule has 0 bridgehead atoms. The molecule has 170 valence electrons. The van der Waals surface area contributed by atoms with Crippen molar-refractivity contribution in [2.45, 2.75) is 51.2 Å². The smallest absolute Gasteiger partial charge is 0.331 e. The Labute approximate surface area is 175 Å². The monoisotopic (exact) mass is 430 g/mol. The van der Waals surface area contributed by atoms with Crippen molar-refractivity contribution in [1.82, 2.24) is 0 Å². The van der Waals surface area contributed by atoms with Crippen LogP contribution in [0.4, 0.5) is 0 Å². The lowest BCUT2D eigenvalue weighted by Gasteiger charge is -2.28. The summed E-state index contributed by atoms with van der Waals surface area (Å²) in [5, 5.41) is 19.4. The van der Waals surface area contributed by atoms with E-state index in [1.807, 2.05) is 0 Å². The lowest BCUT2D eigenvalue weighted by Crippen LogP contribution is -2.37. The number of hydrogen-bond donors (Lipinski definition) is 2. The Bertz CT molecular complexity index is 615. The van der Waals surface area contributed by atoms with Crippen LogP contribution in [-0.2, 0) is 38.1 Å². The molecular weight excluding hydrogens is 400 g/mol. The first-order valence-electron chi connectivity index (χ1n) is 9.90. The molecule has 0 heterocycles. The van der Waals surface area contributed by atoms with E-state index in [2.05, 4.69) is 4.74 Å². The van der Waals surface area contributed by atoms with E-state index in [1.54, 1.807) is 6.92 Å². The summed E-state index contributed by atoms with van der Waals surface area (Å²) in [4.78, 5) is 47.0. The topological polar surface area (TPSA) is 146 Å². The second kappa shape index (κ2) is 13.7. The van der Waals surface area contributed by atoms with E-state index in [-0.39, 0.29) is 6.61 Å². The number of esters is 4. The highest BCUT2D eigenvalue weighted by Crippen LogP contribution is 2.32. The number of methoxy groups -OCH3 is 1. The molecular formula is C20H30O10. The average molecular weight is 430 g/mol. The minimum Gasteiger partial charge on any atom is -0.466 e. The van der Waals surface area contributed by atoms with Gasteiger partial charge < -0.3 is 29.2 Å². The van der Waals surface area contributed by atoms with Crippen LogP contribution in [0, 0.1) is 11.8 Å². The molecule has 4 unspecified atom stereocenters. The highest BCUT2D eigenvalue weighted by molar-refractivity contribution is 5.91. The standard InChI is InChI=1S/C20H30O10/c1-3-13(21)10-29-19(25)15-6-4-5-7-16(15)20(26)30-12-14(22)11-28-18(24)9-8-17(23)27-2/h8-9,13-16,21-22H,3-7,10-12H2,1-2H3/b9-8-. The third kappa shape index (κ3) is 9.36. The summed E-state index contributed by atoms with van der Waals surface area (Å²) >= 11 is 0. The Morgan fingerprint density at radius 3 is 1.80 bits per heavy atom. The molecule has 1 aliphatic carbocycles. The first kappa shape index (κ1) is 25.6. The molecule has 4 atom stereocenters. The van der Waals surface area contributed by atoms with Gasteiger partial charge in [0.2, 0.25) is 0 Å². The van der Waals surface area contributed by atoms with Crippen LogP contribution < -0.4 is 0 Å². The molecule has 1 fully saturated rings. The van der Waals surface area contributed by atoms with Gasteiger partial charge in [0.15, 0.2) is 0 Å². The van der Waals surface area contributed by atoms with Gasteiger partial charge in [-0.1, -0.05) is 19.8 Å². The fraction of sp³-hybridized carbons (Fsp3) is 0.700. The summed E-state index contributed by atoms with van der Waals surface area (Å²) in [6, 6.07) is 0. The molecule has 0 aromatic heterocycles. The Hall–Kier alpha value is -2.46. The Morgan fingerprint density at radius 2 is 1.30 bits per heavy atom. The molecule has 10 heteroatoms. The lowest BCUT2D eigenvalue weighted by molar-refractivity contribution is -0.166. The number of aliphatic hydroxyl groups excluding tert-OH is 2. The van der Waals surface area contributed by atoms with E-state index >= 15 is 0 Å². The molecule has 2 N–H and O–H groups in total. The molecule has 1 rings (SSSR count). The van der Waals surface area contributed by atoms with Crippen LogP contribution >= 0.6 is 0 Å². The molecule has 0 radical (unpaired) electrons. The first-order valence-corrected chi connectivity index (χ1v) is 9.90. The summed E-state index contributed by atoms with van der Waals surface area (Å²) in [7, 11) is 1.15. The van der Waals surface area contributed by atoms with Gasteiger partial charge in [-0.15, -0.1) is 0 Å². The number of aliphatic hydroxyl groups is 2. The van der Waals surface area contributed by atoms with Crippen LogP contribution in [-0.4, -0.2) is 73.2 Å². The van der Waals surface area contributed by atoms with Crippen LogP contribution in [0.3, 0.4) is 0 Å². The molecule has 0 saturated heterocycles. The molecule has 0 spiro atoms. The number of ether oxygens (including phenoxy) is 4. The predicted octanol–water partition coefficient (Wildman–Crippen LogP) is 0.283. The highest BCUT2D eigenvalue weighted by Gasteiger charge is 2.38. The molecule has 1 aliphatic rings. The zero-order chi connectivity index (χ0) is 22.5. The first-order chi connectivity index (χ1) is 14.3. The Balaban J connectivity index is 2.45. The van der Waals surface area contributed by atoms with Crippen LogP contribution in [0.5, 0.6) is 0 Å². The summed E-state index contributed by atoms with van der Waals surface area (Å²) in [5.41, 5.74) is 0. The normalized spacial score (nSPS) is 20.8. The third-order valence-corrected chi connectivity index (χ3v) is 4.65. The fourth-order valence-corrected chi connectivity index (χ4v) is 2.86. The van der Waals surface area contributed by atoms with E-state index < -0.39 is 61.1 Å². The SMILES string of the molecule is CCC(O)COC(=O)C1CCCCC1C(=O)OCC(O)COC(=O)/C=C\C(=O)OC. The van der Waals surface area contributed by atoms with Crippen molar-refractivity contribution in [3.05, 3.63) is 12.2 Å². The molecule has 30 heavy (non-hydrogen) atoms. The van der Waals surface area contributed by atoms with Crippen molar-refractivity contribution in [2.24, 2.45) is 11.8 Å². The quantitative estimate of drug-likeness (QED) is 0.266. The van der Waals surface area contributed by atoms with Gasteiger partial charge in [0.25, 0.3) is 0 Å². The Kier molecular flexibility index (Phi) is 11.7. The van der Waals surface area contributed by atoms with E-state index in [4.69, 9.17) is 14.2 Å². The minimum absolute atomic E-state index is 0.123. The molecule has 10 nitrogen and oxygen atoms in total. The van der Waals surface area contributed by atoms with Crippen LogP contribution in [0.1, 0.15) is 39.0 Å². The van der Waals surface area contributed by atoms with Gasteiger partial charge in [-0.05, 0) is 19.3 Å². The zero-order valence-corrected chi connectivity index (χ0v) is 17.3. The average Bonchev–Trinajstić information content (AvgIpc) is 2.77. The molecule has 0 amide bonds. The summed E-state index contributed by atoms with van der Waals surface area (Å²) in [5.74, 6) is -4.13. The van der Waals surface area contributed by atoms with Crippen molar-refractivity contribution >= 4 is 23.9 Å². The van der Waals surface area contributed by atoms with Crippen molar-refractivity contribution in [1.29, 1.82) is 0 Å². The van der Waals surface area contributed by atoms with Crippen molar-refractivity contribution < 1.29 is 48.3 Å². The lowest BCUT2D eigenvalue weighted by atomic mass is 9.79. The van der Waals surface area contributed by atoms with Gasteiger partial charge in [-0.3, -0.25) is 9.59 Å². The maximum absolute atomic E-state index is 12.4. The highest BCUT2D eigenvalue weighted by atomic mass is 16.6. The summed E-state index contributed by atoms with van der Waals surface area (Å²) < 4.78 is 19.2. The van der Waals surface area contributed by atoms with E-state index in [1.165, 1.54) is 0 Å². The van der Waals surface area contributed by atoms with Gasteiger partial charge in [0.05, 0.1) is 25.0 Å². The van der Waals surface area contributed by atoms with Crippen LogP contribution in [0.2, 0.25) is 0 Å². The van der Waals surface area contributed by atoms with Crippen LogP contribution in [0.25, 0.3) is 0 Å². The van der Waals surface area contributed by atoms with E-state index in [9.17, 15) is 29.4 Å². The van der Waals surface area contributed by atoms with Crippen molar-refractivity contribution in [3.8, 4) is 0 Å². The van der Waals surface area contributed by atoms with Gasteiger partial charge in [0, 0.05) is 12.2 Å². The van der Waals surface area contributed by atoms with Gasteiger partial charge in [-0.25, -0.2) is 9.59 Å². The van der Waals surface area contributed by atoms with Gasteiger partial charge >= 0.3 is 23.9 Å². The molecule has 0 aliphatic heterocycles. The van der Waals surface area contributed by atoms with Crippen LogP contribution in [0.15, 0.2) is 12.2 Å². The summed E-state index contributed by atoms with van der Waals surface area (Å²) in [6.45, 7) is 0.779. The Morgan fingerprint density at radius 1 is 0.833 bits per heavy atom. The number of rotatable bonds is 11. The van der Waals surface area contributed by atoms with E-state index in [0.29, 0.717) is 19.3 Å². The van der Waals surface area contributed by atoms with Gasteiger partial charge in [0.1, 0.15) is 25.9 Å². The minimum atomic E-state index is -1.27. The molecule has 1 saturated carbocycles. The maximum Gasteiger partial charge on any atom is 0.331 e. The third-order valence-electron chi connectivity index (χ3n) is 4.65. The number of carbonyl (C=O) groups is 4. The second-order valence-electron chi connectivity index (χ2n) is 6.96. The number of carbonyl (C=O) groups excluding carboxylic acids is 4. The fourth-order valence-electron chi connectivity index (χ4n) is 2.86. The maximum atomic E-state index is 12.4. The van der Waals surface area contributed by atoms with Crippen molar-refractivity contribution in [2.75, 3.05) is 26.9 Å². The zero-order valence-electron chi connectivity index (χ0n) is 17.3. The second-order valence-corrected chi connectivity index (χ2v) is 6.96. The predicted molar refractivity (Wildman–Crippen MR) is 102 cm³/mol. The largest absolute Gasteiger partial charge is 0.466 e. The van der Waals surface area contributed by atoms with Gasteiger partial charge in [-0.2, -0.15) is 0 Å². The van der Waals surface area contributed by atoms with E-state index in [0.717, 1.165) is 32.1 Å². The molecule has 0 aromatic rings.